The maximum Gasteiger partial charge on any atom is 0.130 e. The normalized spacial score (nSPS) is 10.8. The molecule has 1 rings (SSSR count). The minimum Gasteiger partial charge on any atom is -0.379 e. The molecule has 0 aromatic carbocycles. The van der Waals surface area contributed by atoms with Crippen LogP contribution in [0.4, 0.5) is 5.82 Å². The average molecular weight is 241 g/mol. The third kappa shape index (κ3) is 5.32. The fraction of sp³-hybridized carbons (Fsp3) is 0.636. The zero-order valence-corrected chi connectivity index (χ0v) is 10.9. The molecule has 0 spiro atoms. The number of hydrogen-bond acceptors (Lipinski definition) is 5. The molecule has 1 heterocycles. The first-order valence-corrected chi connectivity index (χ1v) is 6.62. The summed E-state index contributed by atoms with van der Waals surface area (Å²) in [6.45, 7) is 6.57. The van der Waals surface area contributed by atoms with Gasteiger partial charge in [0.15, 0.2) is 0 Å². The molecule has 0 aliphatic rings. The summed E-state index contributed by atoms with van der Waals surface area (Å²) >= 11 is 1.61. The first kappa shape index (κ1) is 13.3. The molecule has 0 saturated carbocycles. The summed E-state index contributed by atoms with van der Waals surface area (Å²) in [7, 11) is 0. The molecule has 0 aliphatic heterocycles. The lowest BCUT2D eigenvalue weighted by Crippen LogP contribution is -2.12. The van der Waals surface area contributed by atoms with Crippen molar-refractivity contribution in [2.45, 2.75) is 18.9 Å². The molecule has 0 radical (unpaired) electrons. The molecule has 1 aromatic heterocycles. The van der Waals surface area contributed by atoms with Crippen LogP contribution in [-0.4, -0.2) is 36.0 Å². The van der Waals surface area contributed by atoms with Gasteiger partial charge in [0.2, 0.25) is 0 Å². The number of anilines is 1. The minimum absolute atomic E-state index is 0.585. The molecule has 0 bridgehead atoms. The summed E-state index contributed by atoms with van der Waals surface area (Å²) in [6, 6.07) is 1.94. The Bertz CT molecular complexity index is 307. The lowest BCUT2D eigenvalue weighted by atomic mass is 10.2. The van der Waals surface area contributed by atoms with E-state index < -0.39 is 0 Å². The summed E-state index contributed by atoms with van der Waals surface area (Å²) in [5.41, 5.74) is 0. The summed E-state index contributed by atoms with van der Waals surface area (Å²) in [5, 5.41) is 4.18. The molecule has 0 saturated heterocycles. The monoisotopic (exact) mass is 241 g/mol. The van der Waals surface area contributed by atoms with Crippen molar-refractivity contribution in [2.75, 3.05) is 31.3 Å². The highest BCUT2D eigenvalue weighted by Gasteiger charge is 1.97. The number of thioether (sulfide) groups is 1. The van der Waals surface area contributed by atoms with E-state index in [1.807, 2.05) is 12.3 Å². The van der Waals surface area contributed by atoms with Crippen molar-refractivity contribution < 1.29 is 4.74 Å². The van der Waals surface area contributed by atoms with E-state index in [4.69, 9.17) is 4.74 Å². The second-order valence-electron chi connectivity index (χ2n) is 3.84. The van der Waals surface area contributed by atoms with Crippen LogP contribution in [0.5, 0.6) is 0 Å². The second-order valence-corrected chi connectivity index (χ2v) is 4.67. The molecule has 16 heavy (non-hydrogen) atoms. The van der Waals surface area contributed by atoms with Gasteiger partial charge in [0.1, 0.15) is 17.2 Å². The maximum atomic E-state index is 5.46. The zero-order chi connectivity index (χ0) is 11.8. The Morgan fingerprint density at radius 1 is 1.44 bits per heavy atom. The first-order valence-electron chi connectivity index (χ1n) is 5.40. The summed E-state index contributed by atoms with van der Waals surface area (Å²) in [4.78, 5) is 8.24. The lowest BCUT2D eigenvalue weighted by Gasteiger charge is -2.08. The summed E-state index contributed by atoms with van der Waals surface area (Å²) in [5.74, 6) is 1.44. The quantitative estimate of drug-likeness (QED) is 0.451. The van der Waals surface area contributed by atoms with Gasteiger partial charge in [-0.3, -0.25) is 0 Å². The second kappa shape index (κ2) is 7.46. The van der Waals surface area contributed by atoms with Crippen molar-refractivity contribution in [3.63, 3.8) is 0 Å². The number of aromatic nitrogens is 2. The Balaban J connectivity index is 2.21. The summed E-state index contributed by atoms with van der Waals surface area (Å²) < 4.78 is 5.46. The molecule has 1 aromatic rings. The molecule has 1 N–H and O–H groups in total. The van der Waals surface area contributed by atoms with Gasteiger partial charge in [-0.25, -0.2) is 9.97 Å². The highest BCUT2D eigenvalue weighted by atomic mass is 32.2. The van der Waals surface area contributed by atoms with Gasteiger partial charge in [-0.15, -0.1) is 11.8 Å². The van der Waals surface area contributed by atoms with Crippen molar-refractivity contribution in [3.05, 3.63) is 12.4 Å². The Kier molecular flexibility index (Phi) is 6.18. The van der Waals surface area contributed by atoms with E-state index in [0.29, 0.717) is 12.5 Å². The van der Waals surface area contributed by atoms with E-state index >= 15 is 0 Å². The van der Waals surface area contributed by atoms with Crippen LogP contribution in [0, 0.1) is 5.92 Å². The van der Waals surface area contributed by atoms with Crippen molar-refractivity contribution >= 4 is 17.6 Å². The van der Waals surface area contributed by atoms with Crippen molar-refractivity contribution in [1.82, 2.24) is 9.97 Å². The fourth-order valence-electron chi connectivity index (χ4n) is 1.12. The zero-order valence-electron chi connectivity index (χ0n) is 10.1. The van der Waals surface area contributed by atoms with E-state index in [9.17, 15) is 0 Å². The van der Waals surface area contributed by atoms with Crippen LogP contribution in [0.25, 0.3) is 0 Å². The maximum absolute atomic E-state index is 5.46. The van der Waals surface area contributed by atoms with E-state index in [1.54, 1.807) is 18.1 Å². The molecule has 0 unspecified atom stereocenters. The van der Waals surface area contributed by atoms with Crippen LogP contribution in [0.1, 0.15) is 13.8 Å². The number of nitrogens with zero attached hydrogens (tertiary/aromatic N) is 2. The van der Waals surface area contributed by atoms with Crippen LogP contribution < -0.4 is 5.32 Å². The highest BCUT2D eigenvalue weighted by Crippen LogP contribution is 2.13. The van der Waals surface area contributed by atoms with Gasteiger partial charge >= 0.3 is 0 Å². The molecule has 0 atom stereocenters. The van der Waals surface area contributed by atoms with Gasteiger partial charge in [-0.2, -0.15) is 0 Å². The Morgan fingerprint density at radius 3 is 2.94 bits per heavy atom. The van der Waals surface area contributed by atoms with Crippen LogP contribution >= 0.6 is 11.8 Å². The van der Waals surface area contributed by atoms with Crippen LogP contribution in [0.15, 0.2) is 17.4 Å². The minimum atomic E-state index is 0.585. The van der Waals surface area contributed by atoms with E-state index in [-0.39, 0.29) is 0 Å². The lowest BCUT2D eigenvalue weighted by molar-refractivity contribution is 0.118. The number of nitrogens with one attached hydrogen (secondary N) is 1. The predicted molar refractivity (Wildman–Crippen MR) is 68.0 cm³/mol. The number of ether oxygens (including phenoxy) is 1. The Morgan fingerprint density at radius 2 is 2.25 bits per heavy atom. The Hall–Kier alpha value is -0.810. The summed E-state index contributed by atoms with van der Waals surface area (Å²) in [6.07, 6.45) is 3.57. The van der Waals surface area contributed by atoms with Gasteiger partial charge in [-0.1, -0.05) is 13.8 Å². The van der Waals surface area contributed by atoms with E-state index in [1.165, 1.54) is 0 Å². The molecule has 0 aliphatic carbocycles. The third-order valence-electron chi connectivity index (χ3n) is 1.85. The molecule has 5 heteroatoms. The van der Waals surface area contributed by atoms with Crippen LogP contribution in [0.2, 0.25) is 0 Å². The van der Waals surface area contributed by atoms with Crippen LogP contribution in [-0.2, 0) is 4.74 Å². The molecular weight excluding hydrogens is 222 g/mol. The van der Waals surface area contributed by atoms with Gasteiger partial charge in [0.05, 0.1) is 6.61 Å². The molecular formula is C11H19N3OS. The molecule has 0 amide bonds. The van der Waals surface area contributed by atoms with Gasteiger partial charge in [0, 0.05) is 19.2 Å². The highest BCUT2D eigenvalue weighted by molar-refractivity contribution is 7.98. The third-order valence-corrected chi connectivity index (χ3v) is 2.50. The van der Waals surface area contributed by atoms with Gasteiger partial charge in [0.25, 0.3) is 0 Å². The fourth-order valence-corrected chi connectivity index (χ4v) is 1.50. The molecule has 0 fully saturated rings. The standard InChI is InChI=1S/C11H19N3OS/c1-9(2)7-15-5-4-12-10-6-11(16-3)14-8-13-10/h6,8-9H,4-5,7H2,1-3H3,(H,12,13,14). The van der Waals surface area contributed by atoms with Crippen molar-refractivity contribution in [2.24, 2.45) is 5.92 Å². The van der Waals surface area contributed by atoms with Gasteiger partial charge < -0.3 is 10.1 Å². The van der Waals surface area contributed by atoms with Crippen molar-refractivity contribution in [3.8, 4) is 0 Å². The van der Waals surface area contributed by atoms with Crippen molar-refractivity contribution in [1.29, 1.82) is 0 Å². The Labute approximate surface area is 101 Å². The topological polar surface area (TPSA) is 47.0 Å². The number of hydrogen-bond donors (Lipinski definition) is 1. The molecule has 90 valence electrons. The largest absolute Gasteiger partial charge is 0.379 e. The molecule has 4 nitrogen and oxygen atoms in total. The predicted octanol–water partition coefficient (Wildman–Crippen LogP) is 2.28. The van der Waals surface area contributed by atoms with Gasteiger partial charge in [-0.05, 0) is 12.2 Å². The smallest absolute Gasteiger partial charge is 0.130 e. The van der Waals surface area contributed by atoms with E-state index in [0.717, 1.165) is 24.0 Å². The van der Waals surface area contributed by atoms with E-state index in [2.05, 4.69) is 29.1 Å². The van der Waals surface area contributed by atoms with Crippen LogP contribution in [0.3, 0.4) is 0 Å². The SMILES string of the molecule is CSc1cc(NCCOCC(C)C)ncn1. The first-order chi connectivity index (χ1) is 7.72. The number of rotatable bonds is 7. The average Bonchev–Trinajstić information content (AvgIpc) is 2.28.